The first-order valence-corrected chi connectivity index (χ1v) is 43.2. The summed E-state index contributed by atoms with van der Waals surface area (Å²) < 4.78 is 140. The third-order valence-corrected chi connectivity index (χ3v) is 25.2. The van der Waals surface area contributed by atoms with Gasteiger partial charge in [0.25, 0.3) is 41.4 Å². The molecular weight excluding hydrogens is 1700 g/mol. The smallest absolute Gasteiger partial charge is 0.264 e. The van der Waals surface area contributed by atoms with Gasteiger partial charge in [0, 0.05) is 115 Å². The number of benzene rings is 7. The molecular formula is C77H83BrF7N7O15S7. The van der Waals surface area contributed by atoms with Crippen molar-refractivity contribution in [2.75, 3.05) is 93.6 Å². The number of ether oxygens (including phenoxy) is 7. The summed E-state index contributed by atoms with van der Waals surface area (Å²) in [6, 6.07) is 39.6. The zero-order valence-corrected chi connectivity index (χ0v) is 71.1. The Morgan fingerprint density at radius 3 is 0.982 bits per heavy atom. The van der Waals surface area contributed by atoms with Crippen LogP contribution in [0.3, 0.4) is 0 Å². The number of methoxy groups -OCH3 is 7. The summed E-state index contributed by atoms with van der Waals surface area (Å²) in [5.41, 5.74) is 4.65. The summed E-state index contributed by atoms with van der Waals surface area (Å²) in [7, 11) is 10.4. The van der Waals surface area contributed by atoms with Gasteiger partial charge in [-0.05, 0) is 82.9 Å². The number of para-hydroxylation sites is 1. The largest absolute Gasteiger partial charge is 0.508 e. The highest BCUT2D eigenvalue weighted by Gasteiger charge is 2.55. The highest BCUT2D eigenvalue weighted by atomic mass is 79.9. The number of hydrogen-bond donors (Lipinski definition) is 1. The Kier molecular flexibility index (Phi) is 34.6. The Morgan fingerprint density at radius 2 is 0.596 bits per heavy atom. The van der Waals surface area contributed by atoms with Gasteiger partial charge in [-0.25, -0.2) is 30.7 Å². The van der Waals surface area contributed by atoms with Gasteiger partial charge in [-0.3, -0.25) is 63.7 Å². The number of nitrogens with zero attached hydrogens (tertiary/aromatic N) is 7. The van der Waals surface area contributed by atoms with Crippen molar-refractivity contribution < 1.29 is 103 Å². The van der Waals surface area contributed by atoms with Crippen molar-refractivity contribution in [3.63, 3.8) is 0 Å². The van der Waals surface area contributed by atoms with Crippen LogP contribution in [0.15, 0.2) is 162 Å². The van der Waals surface area contributed by atoms with Gasteiger partial charge in [0.2, 0.25) is 0 Å². The Bertz CT molecular complexity index is 4230. The predicted molar refractivity (Wildman–Crippen MR) is 431 cm³/mol. The fourth-order valence-electron chi connectivity index (χ4n) is 13.2. The van der Waals surface area contributed by atoms with E-state index in [1.165, 1.54) is 188 Å². The van der Waals surface area contributed by atoms with Crippen LogP contribution in [0.4, 0.5) is 30.7 Å². The number of amides is 7. The molecule has 7 heterocycles. The van der Waals surface area contributed by atoms with Crippen LogP contribution < -0.4 is 0 Å². The third kappa shape index (κ3) is 19.5. The topological polar surface area (TPSA) is 227 Å². The fraction of sp³-hybridized carbons (Fsp3) is 0.364. The fourth-order valence-corrected chi connectivity index (χ4v) is 18.8. The quantitative estimate of drug-likeness (QED) is 0.0401. The van der Waals surface area contributed by atoms with Gasteiger partial charge in [-0.1, -0.05) is 197 Å². The molecule has 14 atom stereocenters. The lowest BCUT2D eigenvalue weighted by Crippen LogP contribution is -2.56. The van der Waals surface area contributed by atoms with E-state index >= 15 is 0 Å². The average Bonchev–Trinajstić information content (AvgIpc) is 0.793. The van der Waals surface area contributed by atoms with Crippen molar-refractivity contribution in [3.8, 4) is 5.75 Å². The molecule has 37 heteroatoms. The first-order chi connectivity index (χ1) is 54.7. The lowest BCUT2D eigenvalue weighted by atomic mass is 9.93. The first-order valence-electron chi connectivity index (χ1n) is 34.2. The van der Waals surface area contributed by atoms with Crippen molar-refractivity contribution in [3.05, 3.63) is 242 Å². The van der Waals surface area contributed by atoms with Crippen molar-refractivity contribution in [2.24, 2.45) is 0 Å². The van der Waals surface area contributed by atoms with E-state index in [1.807, 2.05) is 61.4 Å². The van der Waals surface area contributed by atoms with Gasteiger partial charge in [0.1, 0.15) is 65.5 Å². The molecule has 7 fully saturated rings. The highest BCUT2D eigenvalue weighted by Crippen LogP contribution is 2.49. The first kappa shape index (κ1) is 92.3. The molecule has 7 aliphatic rings. The number of rotatable bonds is 21. The summed E-state index contributed by atoms with van der Waals surface area (Å²) in [5, 5.41) is 9.76. The molecule has 0 saturated carbocycles. The van der Waals surface area contributed by atoms with E-state index in [9.17, 15) is 69.4 Å². The molecule has 14 rings (SSSR count). The SMILES string of the molecule is COC1C(=O)N(SC)C1c1ccc(F)c(F)c1.COC1C(=O)N(SC)C1c1ccc(F)cc1.COC1C(=O)N(SC)C1c1cccc(F)c1.COC1C(=O)N(SC)C1c1cccc(F)c1F.COC1C(=O)N(SC)C1c1ccccc1Br.COC1C(=O)N(SC)C1c1ccccc1F.COC1C(=O)N(SC)C1c1ccccc1O. The number of hydrogen-bond acceptors (Lipinski definition) is 22. The van der Waals surface area contributed by atoms with Gasteiger partial charge in [-0.2, -0.15) is 0 Å². The van der Waals surface area contributed by atoms with Crippen molar-refractivity contribution in [2.45, 2.75) is 85.0 Å². The van der Waals surface area contributed by atoms with E-state index in [0.29, 0.717) is 11.1 Å². The van der Waals surface area contributed by atoms with Crippen LogP contribution in [0.1, 0.15) is 81.2 Å². The van der Waals surface area contributed by atoms with Gasteiger partial charge in [-0.15, -0.1) is 0 Å². The molecule has 614 valence electrons. The summed E-state index contributed by atoms with van der Waals surface area (Å²) in [4.78, 5) is 81.2. The van der Waals surface area contributed by atoms with Crippen LogP contribution in [0.5, 0.6) is 5.75 Å². The standard InChI is InChI=1S/C11H12BrNO2S.2C11H11F2NO2S.3C11H12FNO2S.C11H13NO3S/c1-15-10-9(13(16-2)11(10)14)7-5-3-4-6-8(7)12;1-16-10-9(14(17-2)11(10)15)6-3-4-7(12)8(13)5-6;1-16-10-9(14(17-2)11(10)15)6-4-3-5-7(12)8(6)13;1-15-10-9(13(16-2)11(10)14)7-3-5-8(12)6-4-7;1-15-10-9(13(16-2)11(10)14)7-4-3-5-8(12)6-7;1-15-10-9(13(16-2)11(10)14)7-5-3-4-6-8(7)12;1-15-10-9(12(16-2)11(10)14)7-5-3-4-6-8(7)13/h3-6,9-10H,1-2H3;2*3-5,9-10H,1-2H3;3*3-6,9-10H,1-2H3;3-6,9-10,13H,1-2H3. The van der Waals surface area contributed by atoms with Gasteiger partial charge in [0.05, 0.1) is 0 Å². The maximum Gasteiger partial charge on any atom is 0.264 e. The van der Waals surface area contributed by atoms with E-state index in [0.717, 1.165) is 44.9 Å². The Hall–Kier alpha value is -7.21. The molecule has 114 heavy (non-hydrogen) atoms. The normalized spacial score (nSPS) is 24.2. The average molecular weight is 1780 g/mol. The van der Waals surface area contributed by atoms with Crippen LogP contribution in [-0.4, -0.2) is 213 Å². The van der Waals surface area contributed by atoms with Gasteiger partial charge in [0.15, 0.2) is 66.0 Å². The molecule has 0 radical (unpaired) electrons. The number of carbonyl (C=O) groups is 7. The molecule has 7 saturated heterocycles. The minimum Gasteiger partial charge on any atom is -0.508 e. The second-order valence-electron chi connectivity index (χ2n) is 24.7. The van der Waals surface area contributed by atoms with E-state index in [-0.39, 0.29) is 112 Å². The van der Waals surface area contributed by atoms with E-state index < -0.39 is 65.9 Å². The second kappa shape index (κ2) is 42.8. The zero-order chi connectivity index (χ0) is 83.7. The van der Waals surface area contributed by atoms with E-state index in [1.54, 1.807) is 97.7 Å². The summed E-state index contributed by atoms with van der Waals surface area (Å²) >= 11 is 12.7. The lowest BCUT2D eigenvalue weighted by molar-refractivity contribution is -0.159. The summed E-state index contributed by atoms with van der Waals surface area (Å²) in [6.07, 6.45) is 8.91. The molecule has 7 aliphatic heterocycles. The molecule has 7 aromatic carbocycles. The third-order valence-electron chi connectivity index (χ3n) is 18.8. The monoisotopic (exact) mass is 1780 g/mol. The number of aromatic hydroxyl groups is 1. The molecule has 7 aromatic rings. The minimum absolute atomic E-state index is 0.00285. The van der Waals surface area contributed by atoms with Crippen molar-refractivity contribution >= 4 is 141 Å². The molecule has 7 amide bonds. The van der Waals surface area contributed by atoms with Crippen LogP contribution in [-0.2, 0) is 66.7 Å². The lowest BCUT2D eigenvalue weighted by Gasteiger charge is -2.44. The van der Waals surface area contributed by atoms with Gasteiger partial charge < -0.3 is 38.3 Å². The molecule has 0 aromatic heterocycles. The molecule has 0 aliphatic carbocycles. The van der Waals surface area contributed by atoms with Crippen molar-refractivity contribution in [1.29, 1.82) is 0 Å². The Balaban J connectivity index is 0.000000167. The van der Waals surface area contributed by atoms with Crippen LogP contribution in [0, 0.1) is 40.7 Å². The maximum absolute atomic E-state index is 13.6. The Morgan fingerprint density at radius 1 is 0.289 bits per heavy atom. The van der Waals surface area contributed by atoms with Crippen LogP contribution >= 0.6 is 99.6 Å². The molecule has 0 spiro atoms. The van der Waals surface area contributed by atoms with Crippen LogP contribution in [0.25, 0.3) is 0 Å². The number of phenolic OH excluding ortho intramolecular Hbond substituents is 1. The number of β-lactam (4-membered cyclic amide) rings is 7. The predicted octanol–water partition coefficient (Wildman–Crippen LogP) is 14.5. The Labute approximate surface area is 694 Å². The summed E-state index contributed by atoms with van der Waals surface area (Å²) in [5.74, 6) is -4.96. The van der Waals surface area contributed by atoms with E-state index in [2.05, 4.69) is 15.9 Å². The molecule has 1 N–H and O–H groups in total. The zero-order valence-electron chi connectivity index (χ0n) is 63.8. The number of carbonyl (C=O) groups excluding carboxylic acids is 7. The van der Waals surface area contributed by atoms with Crippen LogP contribution in [0.2, 0.25) is 0 Å². The molecule has 22 nitrogen and oxygen atoms in total. The highest BCUT2D eigenvalue weighted by molar-refractivity contribution is 9.10. The number of halogens is 8. The van der Waals surface area contributed by atoms with Gasteiger partial charge >= 0.3 is 0 Å². The molecule has 0 bridgehead atoms. The minimum atomic E-state index is -0.925. The number of phenols is 1. The van der Waals surface area contributed by atoms with E-state index in [4.69, 9.17) is 33.2 Å². The maximum atomic E-state index is 13.6. The second-order valence-corrected chi connectivity index (χ2v) is 30.8. The summed E-state index contributed by atoms with van der Waals surface area (Å²) in [6.45, 7) is 0. The molecule has 14 unspecified atom stereocenters. The van der Waals surface area contributed by atoms with Crippen molar-refractivity contribution in [1.82, 2.24) is 30.1 Å².